The predicted octanol–water partition coefficient (Wildman–Crippen LogP) is 3.08. The normalized spacial score (nSPS) is 25.1. The van der Waals surface area contributed by atoms with Gasteiger partial charge in [-0.1, -0.05) is 19.8 Å². The Labute approximate surface area is 97.2 Å². The highest BCUT2D eigenvalue weighted by atomic mass is 16.5. The van der Waals surface area contributed by atoms with Crippen LogP contribution in [0.5, 0.6) is 5.75 Å². The SMILES string of the molecule is COc1cccnc1NC1CCCCC1C. The zero-order chi connectivity index (χ0) is 11.4. The summed E-state index contributed by atoms with van der Waals surface area (Å²) in [6.07, 6.45) is 7.03. The molecule has 16 heavy (non-hydrogen) atoms. The van der Waals surface area contributed by atoms with Crippen LogP contribution in [0.2, 0.25) is 0 Å². The summed E-state index contributed by atoms with van der Waals surface area (Å²) in [4.78, 5) is 4.34. The molecule has 2 unspecified atom stereocenters. The molecule has 1 aromatic heterocycles. The van der Waals surface area contributed by atoms with E-state index in [0.717, 1.165) is 17.5 Å². The number of nitrogens with one attached hydrogen (secondary N) is 1. The molecule has 0 aromatic carbocycles. The van der Waals surface area contributed by atoms with Gasteiger partial charge in [-0.05, 0) is 30.9 Å². The van der Waals surface area contributed by atoms with Gasteiger partial charge >= 0.3 is 0 Å². The van der Waals surface area contributed by atoms with E-state index < -0.39 is 0 Å². The lowest BCUT2D eigenvalue weighted by molar-refractivity contribution is 0.346. The zero-order valence-corrected chi connectivity index (χ0v) is 10.1. The van der Waals surface area contributed by atoms with E-state index in [4.69, 9.17) is 4.74 Å². The highest BCUT2D eigenvalue weighted by Crippen LogP contribution is 2.29. The van der Waals surface area contributed by atoms with E-state index in [1.54, 1.807) is 13.3 Å². The summed E-state index contributed by atoms with van der Waals surface area (Å²) in [6.45, 7) is 2.31. The molecule has 0 saturated heterocycles. The number of nitrogens with zero attached hydrogens (tertiary/aromatic N) is 1. The third-order valence-corrected chi connectivity index (χ3v) is 3.42. The Hall–Kier alpha value is -1.25. The van der Waals surface area contributed by atoms with E-state index in [9.17, 15) is 0 Å². The van der Waals surface area contributed by atoms with Crippen LogP contribution in [0.15, 0.2) is 18.3 Å². The fourth-order valence-electron chi connectivity index (χ4n) is 2.37. The van der Waals surface area contributed by atoms with E-state index in [1.807, 2.05) is 12.1 Å². The second-order valence-electron chi connectivity index (χ2n) is 4.57. The Morgan fingerprint density at radius 3 is 2.94 bits per heavy atom. The van der Waals surface area contributed by atoms with E-state index >= 15 is 0 Å². The molecule has 3 nitrogen and oxygen atoms in total. The van der Waals surface area contributed by atoms with Crippen LogP contribution in [0.25, 0.3) is 0 Å². The van der Waals surface area contributed by atoms with Gasteiger partial charge in [-0.25, -0.2) is 4.98 Å². The molecule has 3 heteroatoms. The molecule has 0 radical (unpaired) electrons. The monoisotopic (exact) mass is 220 g/mol. The van der Waals surface area contributed by atoms with Gasteiger partial charge in [0.05, 0.1) is 7.11 Å². The molecule has 0 spiro atoms. The van der Waals surface area contributed by atoms with Gasteiger partial charge in [0.25, 0.3) is 0 Å². The van der Waals surface area contributed by atoms with E-state index in [1.165, 1.54) is 25.7 Å². The molecule has 1 N–H and O–H groups in total. The van der Waals surface area contributed by atoms with Gasteiger partial charge in [-0.3, -0.25) is 0 Å². The number of hydrogen-bond acceptors (Lipinski definition) is 3. The van der Waals surface area contributed by atoms with Crippen LogP contribution < -0.4 is 10.1 Å². The maximum Gasteiger partial charge on any atom is 0.168 e. The fourth-order valence-corrected chi connectivity index (χ4v) is 2.37. The van der Waals surface area contributed by atoms with E-state index in [-0.39, 0.29) is 0 Å². The summed E-state index contributed by atoms with van der Waals surface area (Å²) in [5.41, 5.74) is 0. The maximum absolute atomic E-state index is 5.30. The number of methoxy groups -OCH3 is 1. The number of anilines is 1. The van der Waals surface area contributed by atoms with Gasteiger partial charge in [0.2, 0.25) is 0 Å². The van der Waals surface area contributed by atoms with Crippen LogP contribution in [-0.2, 0) is 0 Å². The Morgan fingerprint density at radius 2 is 2.19 bits per heavy atom. The molecule has 1 aliphatic carbocycles. The van der Waals surface area contributed by atoms with Crippen molar-refractivity contribution in [2.75, 3.05) is 12.4 Å². The van der Waals surface area contributed by atoms with Crippen LogP contribution in [0, 0.1) is 5.92 Å². The number of pyridine rings is 1. The average Bonchev–Trinajstić information content (AvgIpc) is 2.33. The van der Waals surface area contributed by atoms with Crippen molar-refractivity contribution >= 4 is 5.82 Å². The molecule has 1 aliphatic rings. The summed E-state index contributed by atoms with van der Waals surface area (Å²) in [5.74, 6) is 2.43. The Bertz CT molecular complexity index is 340. The topological polar surface area (TPSA) is 34.1 Å². The third kappa shape index (κ3) is 2.46. The summed E-state index contributed by atoms with van der Waals surface area (Å²) in [5, 5.41) is 3.51. The standard InChI is InChI=1S/C13H20N2O/c1-10-6-3-4-7-11(10)15-13-12(16-2)8-5-9-14-13/h5,8-11H,3-4,6-7H2,1-2H3,(H,14,15). The molecule has 1 aromatic rings. The maximum atomic E-state index is 5.30. The minimum absolute atomic E-state index is 0.539. The minimum Gasteiger partial charge on any atom is -0.493 e. The second-order valence-corrected chi connectivity index (χ2v) is 4.57. The number of hydrogen-bond donors (Lipinski definition) is 1. The lowest BCUT2D eigenvalue weighted by atomic mass is 9.86. The van der Waals surface area contributed by atoms with Crippen molar-refractivity contribution in [2.24, 2.45) is 5.92 Å². The van der Waals surface area contributed by atoms with Crippen LogP contribution in [-0.4, -0.2) is 18.1 Å². The Morgan fingerprint density at radius 1 is 1.38 bits per heavy atom. The summed E-state index contributed by atoms with van der Waals surface area (Å²) >= 11 is 0. The fraction of sp³-hybridized carbons (Fsp3) is 0.615. The largest absolute Gasteiger partial charge is 0.493 e. The third-order valence-electron chi connectivity index (χ3n) is 3.42. The van der Waals surface area contributed by atoms with Crippen molar-refractivity contribution in [1.29, 1.82) is 0 Å². The highest BCUT2D eigenvalue weighted by Gasteiger charge is 2.22. The van der Waals surface area contributed by atoms with Crippen molar-refractivity contribution in [1.82, 2.24) is 4.98 Å². The summed E-state index contributed by atoms with van der Waals surface area (Å²) < 4.78 is 5.30. The molecule has 2 rings (SSSR count). The highest BCUT2D eigenvalue weighted by molar-refractivity contribution is 5.50. The summed E-state index contributed by atoms with van der Waals surface area (Å²) in [6, 6.07) is 4.38. The molecule has 2 atom stereocenters. The summed E-state index contributed by atoms with van der Waals surface area (Å²) in [7, 11) is 1.69. The lowest BCUT2D eigenvalue weighted by Crippen LogP contribution is -2.30. The molecule has 0 bridgehead atoms. The molecule has 1 saturated carbocycles. The average molecular weight is 220 g/mol. The van der Waals surface area contributed by atoms with Crippen molar-refractivity contribution in [3.8, 4) is 5.75 Å². The molecule has 88 valence electrons. The molecule has 0 aliphatic heterocycles. The van der Waals surface area contributed by atoms with Crippen LogP contribution in [0.3, 0.4) is 0 Å². The van der Waals surface area contributed by atoms with Crippen LogP contribution >= 0.6 is 0 Å². The molecular weight excluding hydrogens is 200 g/mol. The second kappa shape index (κ2) is 5.19. The first-order valence-electron chi connectivity index (χ1n) is 6.07. The van der Waals surface area contributed by atoms with Crippen molar-refractivity contribution in [2.45, 2.75) is 38.6 Å². The van der Waals surface area contributed by atoms with Gasteiger partial charge in [0.1, 0.15) is 0 Å². The zero-order valence-electron chi connectivity index (χ0n) is 10.1. The number of rotatable bonds is 3. The van der Waals surface area contributed by atoms with Gasteiger partial charge < -0.3 is 10.1 Å². The van der Waals surface area contributed by atoms with Gasteiger partial charge in [-0.2, -0.15) is 0 Å². The van der Waals surface area contributed by atoms with Gasteiger partial charge in [-0.15, -0.1) is 0 Å². The quantitative estimate of drug-likeness (QED) is 0.850. The van der Waals surface area contributed by atoms with Crippen molar-refractivity contribution < 1.29 is 4.74 Å². The first kappa shape index (κ1) is 11.2. The first-order chi connectivity index (χ1) is 7.81. The molecular formula is C13H20N2O. The van der Waals surface area contributed by atoms with Gasteiger partial charge in [0.15, 0.2) is 11.6 Å². The Balaban J connectivity index is 2.07. The van der Waals surface area contributed by atoms with Crippen molar-refractivity contribution in [3.63, 3.8) is 0 Å². The van der Waals surface area contributed by atoms with E-state index in [0.29, 0.717) is 6.04 Å². The van der Waals surface area contributed by atoms with Crippen LogP contribution in [0.1, 0.15) is 32.6 Å². The van der Waals surface area contributed by atoms with Crippen LogP contribution in [0.4, 0.5) is 5.82 Å². The number of aromatic nitrogens is 1. The lowest BCUT2D eigenvalue weighted by Gasteiger charge is -2.30. The molecule has 1 fully saturated rings. The smallest absolute Gasteiger partial charge is 0.168 e. The van der Waals surface area contributed by atoms with E-state index in [2.05, 4.69) is 17.2 Å². The van der Waals surface area contributed by atoms with Crippen molar-refractivity contribution in [3.05, 3.63) is 18.3 Å². The predicted molar refractivity (Wildman–Crippen MR) is 65.8 cm³/mol. The first-order valence-corrected chi connectivity index (χ1v) is 6.07. The number of ether oxygens (including phenoxy) is 1. The van der Waals surface area contributed by atoms with Gasteiger partial charge in [0, 0.05) is 12.2 Å². The minimum atomic E-state index is 0.539. The molecule has 0 amide bonds. The Kier molecular flexibility index (Phi) is 3.65. The molecule has 1 heterocycles.